The summed E-state index contributed by atoms with van der Waals surface area (Å²) in [5.41, 5.74) is 6.63. The predicted octanol–water partition coefficient (Wildman–Crippen LogP) is 1.73. The van der Waals surface area contributed by atoms with Crippen LogP contribution in [0.4, 0.5) is 0 Å². The number of nitrogens with two attached hydrogens (primary N) is 1. The monoisotopic (exact) mass is 497 g/mol. The smallest absolute Gasteiger partial charge is 0.243 e. The quantitative estimate of drug-likeness (QED) is 0.240. The summed E-state index contributed by atoms with van der Waals surface area (Å²) >= 11 is 0. The van der Waals surface area contributed by atoms with Crippen LogP contribution in [0, 0.1) is 11.8 Å². The van der Waals surface area contributed by atoms with Crippen LogP contribution in [0.2, 0.25) is 0 Å². The molecule has 192 valence electrons. The van der Waals surface area contributed by atoms with E-state index in [-0.39, 0.29) is 42.9 Å². The Morgan fingerprint density at radius 2 is 1.74 bits per heavy atom. The number of carbonyl (C=O) groups excluding carboxylic acids is 2. The van der Waals surface area contributed by atoms with Gasteiger partial charge >= 0.3 is 0 Å². The van der Waals surface area contributed by atoms with Gasteiger partial charge in [-0.1, -0.05) is 45.2 Å². The second-order valence-corrected chi connectivity index (χ2v) is 12.2. The second kappa shape index (κ2) is 13.2. The van der Waals surface area contributed by atoms with E-state index in [2.05, 4.69) is 10.6 Å². The third-order valence-electron chi connectivity index (χ3n) is 6.31. The van der Waals surface area contributed by atoms with Gasteiger partial charge in [-0.25, -0.2) is 0 Å². The van der Waals surface area contributed by atoms with Crippen molar-refractivity contribution in [2.24, 2.45) is 17.6 Å². The highest BCUT2D eigenvalue weighted by atomic mass is 31.2. The topological polar surface area (TPSA) is 162 Å². The number of benzene rings is 1. The number of carbonyl (C=O) groups is 2. The SMILES string of the molecule is CC(C)[C@H](N)C(=O)N[C@@H](Cc1ccc(O)cc1)C(=O)NC[C@@H](O)CP(=O)(O)CC1CCCCC1. The lowest BCUT2D eigenvalue weighted by Gasteiger charge is -2.25. The van der Waals surface area contributed by atoms with Gasteiger partial charge in [0.1, 0.15) is 11.8 Å². The first-order valence-electron chi connectivity index (χ1n) is 12.1. The number of phenolic OH excluding ortho intramolecular Hbond substituents is 1. The van der Waals surface area contributed by atoms with Gasteiger partial charge in [-0.05, 0) is 42.4 Å². The van der Waals surface area contributed by atoms with Gasteiger partial charge in [0.2, 0.25) is 19.2 Å². The lowest BCUT2D eigenvalue weighted by molar-refractivity contribution is -0.130. The summed E-state index contributed by atoms with van der Waals surface area (Å²) in [4.78, 5) is 35.7. The van der Waals surface area contributed by atoms with Crippen LogP contribution in [-0.4, -0.2) is 64.0 Å². The lowest BCUT2D eigenvalue weighted by atomic mass is 9.91. The number of aliphatic hydroxyl groups excluding tert-OH is 1. The summed E-state index contributed by atoms with van der Waals surface area (Å²) in [6.07, 6.45) is 4.07. The van der Waals surface area contributed by atoms with Gasteiger partial charge in [-0.15, -0.1) is 0 Å². The van der Waals surface area contributed by atoms with Crippen molar-refractivity contribution in [1.29, 1.82) is 0 Å². The summed E-state index contributed by atoms with van der Waals surface area (Å²) in [7, 11) is -3.52. The van der Waals surface area contributed by atoms with Crippen molar-refractivity contribution in [3.63, 3.8) is 0 Å². The maximum absolute atomic E-state index is 12.9. The van der Waals surface area contributed by atoms with Crippen LogP contribution in [0.1, 0.15) is 51.5 Å². The minimum absolute atomic E-state index is 0.0837. The Morgan fingerprint density at radius 3 is 2.32 bits per heavy atom. The first kappa shape index (κ1) is 28.3. The molecular weight excluding hydrogens is 457 g/mol. The molecule has 10 heteroatoms. The molecule has 4 atom stereocenters. The van der Waals surface area contributed by atoms with Crippen LogP contribution in [0.15, 0.2) is 24.3 Å². The van der Waals surface area contributed by atoms with E-state index in [0.29, 0.717) is 5.56 Å². The number of aromatic hydroxyl groups is 1. The zero-order valence-corrected chi connectivity index (χ0v) is 21.0. The average molecular weight is 498 g/mol. The van der Waals surface area contributed by atoms with Gasteiger partial charge in [0.25, 0.3) is 0 Å². The second-order valence-electron chi connectivity index (χ2n) is 9.82. The molecule has 2 rings (SSSR count). The maximum atomic E-state index is 12.9. The molecule has 1 saturated carbocycles. The molecule has 1 fully saturated rings. The van der Waals surface area contributed by atoms with E-state index in [9.17, 15) is 29.3 Å². The minimum atomic E-state index is -3.52. The molecule has 0 aromatic heterocycles. The van der Waals surface area contributed by atoms with Gasteiger partial charge < -0.3 is 31.5 Å². The van der Waals surface area contributed by atoms with Crippen molar-refractivity contribution >= 4 is 19.2 Å². The van der Waals surface area contributed by atoms with Crippen molar-refractivity contribution in [3.8, 4) is 5.75 Å². The summed E-state index contributed by atoms with van der Waals surface area (Å²) in [6, 6.07) is 4.51. The molecule has 0 heterocycles. The Balaban J connectivity index is 1.95. The molecule has 1 unspecified atom stereocenters. The van der Waals surface area contributed by atoms with E-state index in [1.54, 1.807) is 26.0 Å². The molecule has 0 bridgehead atoms. The molecule has 1 aromatic rings. The van der Waals surface area contributed by atoms with Crippen LogP contribution in [0.25, 0.3) is 0 Å². The molecule has 34 heavy (non-hydrogen) atoms. The fourth-order valence-electron chi connectivity index (χ4n) is 4.23. The molecule has 1 aliphatic rings. The Labute approximate surface area is 202 Å². The normalized spacial score (nSPS) is 19.1. The van der Waals surface area contributed by atoms with Gasteiger partial charge in [0.05, 0.1) is 18.3 Å². The van der Waals surface area contributed by atoms with E-state index < -0.39 is 37.4 Å². The third kappa shape index (κ3) is 9.74. The van der Waals surface area contributed by atoms with Crippen LogP contribution < -0.4 is 16.4 Å². The minimum Gasteiger partial charge on any atom is -0.508 e. The number of amides is 2. The lowest BCUT2D eigenvalue weighted by Crippen LogP contribution is -2.54. The highest BCUT2D eigenvalue weighted by Gasteiger charge is 2.30. The average Bonchev–Trinajstić information content (AvgIpc) is 2.77. The van der Waals surface area contributed by atoms with E-state index in [4.69, 9.17) is 5.73 Å². The Hall–Kier alpha value is -1.93. The standard InChI is InChI=1S/C24H40N3O6P/c1-16(2)22(25)24(31)27-21(12-17-8-10-19(28)11-9-17)23(30)26-13-20(29)15-34(32,33)14-18-6-4-3-5-7-18/h8-11,16,18,20-22,28-29H,3-7,12-15,25H2,1-2H3,(H,26,30)(H,27,31)(H,32,33)/t20-,21+,22+/m1/s1. The Kier molecular flexibility index (Phi) is 11.0. The fourth-order valence-corrected chi connectivity index (χ4v) is 6.34. The number of rotatable bonds is 12. The summed E-state index contributed by atoms with van der Waals surface area (Å²) in [6.45, 7) is 3.40. The number of nitrogens with one attached hydrogen (secondary N) is 2. The molecule has 2 amide bonds. The largest absolute Gasteiger partial charge is 0.508 e. The van der Waals surface area contributed by atoms with Crippen LogP contribution in [0.3, 0.4) is 0 Å². The fraction of sp³-hybridized carbons (Fsp3) is 0.667. The Bertz CT molecular complexity index is 842. The van der Waals surface area contributed by atoms with Crippen LogP contribution in [-0.2, 0) is 20.6 Å². The number of hydrogen-bond donors (Lipinski definition) is 6. The zero-order chi connectivity index (χ0) is 25.3. The molecule has 1 aliphatic carbocycles. The van der Waals surface area contributed by atoms with E-state index in [1.807, 2.05) is 0 Å². The van der Waals surface area contributed by atoms with Crippen molar-refractivity contribution in [1.82, 2.24) is 10.6 Å². The van der Waals surface area contributed by atoms with Crippen LogP contribution >= 0.6 is 7.37 Å². The summed E-state index contributed by atoms with van der Waals surface area (Å²) < 4.78 is 12.6. The zero-order valence-electron chi connectivity index (χ0n) is 20.2. The summed E-state index contributed by atoms with van der Waals surface area (Å²) in [5.74, 6) is -0.831. The van der Waals surface area contributed by atoms with Gasteiger partial charge in [-0.3, -0.25) is 14.2 Å². The molecule has 0 radical (unpaired) electrons. The van der Waals surface area contributed by atoms with Crippen molar-refractivity contribution in [3.05, 3.63) is 29.8 Å². The van der Waals surface area contributed by atoms with Gasteiger partial charge in [-0.2, -0.15) is 0 Å². The van der Waals surface area contributed by atoms with E-state index in [1.165, 1.54) is 12.1 Å². The van der Waals surface area contributed by atoms with E-state index in [0.717, 1.165) is 32.1 Å². The maximum Gasteiger partial charge on any atom is 0.243 e. The summed E-state index contributed by atoms with van der Waals surface area (Å²) in [5, 5.41) is 25.1. The molecule has 0 aliphatic heterocycles. The third-order valence-corrected chi connectivity index (χ3v) is 8.39. The molecule has 9 nitrogen and oxygen atoms in total. The van der Waals surface area contributed by atoms with Gasteiger partial charge in [0.15, 0.2) is 0 Å². The van der Waals surface area contributed by atoms with Crippen molar-refractivity contribution < 1.29 is 29.3 Å². The molecular formula is C24H40N3O6P. The Morgan fingerprint density at radius 1 is 1.12 bits per heavy atom. The first-order valence-corrected chi connectivity index (χ1v) is 14.1. The number of aliphatic hydroxyl groups is 1. The number of hydrogen-bond acceptors (Lipinski definition) is 6. The van der Waals surface area contributed by atoms with Crippen molar-refractivity contribution in [2.45, 2.75) is 70.6 Å². The first-order chi connectivity index (χ1) is 16.0. The predicted molar refractivity (Wildman–Crippen MR) is 132 cm³/mol. The molecule has 1 aromatic carbocycles. The molecule has 7 N–H and O–H groups in total. The van der Waals surface area contributed by atoms with E-state index >= 15 is 0 Å². The van der Waals surface area contributed by atoms with Crippen molar-refractivity contribution in [2.75, 3.05) is 18.9 Å². The van der Waals surface area contributed by atoms with Crippen LogP contribution in [0.5, 0.6) is 5.75 Å². The van der Waals surface area contributed by atoms with Gasteiger partial charge in [0, 0.05) is 19.1 Å². The molecule has 0 saturated heterocycles. The number of phenols is 1. The highest BCUT2D eigenvalue weighted by molar-refractivity contribution is 7.58. The molecule has 0 spiro atoms. The highest BCUT2D eigenvalue weighted by Crippen LogP contribution is 2.45.